The number of hydrogen-bond donors (Lipinski definition) is 0. The molecule has 1 unspecified atom stereocenters. The number of aryl methyl sites for hydroxylation is 1. The third-order valence-electron chi connectivity index (χ3n) is 9.59. The highest BCUT2D eigenvalue weighted by Crippen LogP contribution is 2.71. The number of aromatic nitrogens is 1. The zero-order chi connectivity index (χ0) is 22.7. The molecule has 5 nitrogen and oxygen atoms in total. The van der Waals surface area contributed by atoms with Gasteiger partial charge in [0.25, 0.3) is 0 Å². The van der Waals surface area contributed by atoms with E-state index in [4.69, 9.17) is 4.74 Å². The van der Waals surface area contributed by atoms with Crippen molar-refractivity contribution in [2.75, 3.05) is 20.6 Å². The van der Waals surface area contributed by atoms with Gasteiger partial charge in [0, 0.05) is 29.5 Å². The Morgan fingerprint density at radius 2 is 2.06 bits per heavy atom. The van der Waals surface area contributed by atoms with Crippen molar-refractivity contribution in [2.45, 2.75) is 57.3 Å². The van der Waals surface area contributed by atoms with Crippen LogP contribution in [0.15, 0.2) is 36.4 Å². The van der Waals surface area contributed by atoms with Crippen LogP contribution in [0.1, 0.15) is 47.4 Å². The molecule has 1 spiro atoms. The van der Waals surface area contributed by atoms with E-state index >= 15 is 0 Å². The SMILES string of the molecule is Cc1ccc2c3c1OC1c4c(c5ccccc5n4CN(C)C=O)C[C@@]4(C)[C@@H](C2)N(C)CC[C@]314. The summed E-state index contributed by atoms with van der Waals surface area (Å²) < 4.78 is 9.44. The van der Waals surface area contributed by atoms with Gasteiger partial charge in [-0.2, -0.15) is 0 Å². The maximum Gasteiger partial charge on any atom is 0.210 e. The topological polar surface area (TPSA) is 37.7 Å². The molecule has 7 rings (SSSR count). The van der Waals surface area contributed by atoms with Crippen molar-refractivity contribution in [1.29, 1.82) is 0 Å². The lowest BCUT2D eigenvalue weighted by Crippen LogP contribution is -2.68. The van der Waals surface area contributed by atoms with Crippen LogP contribution in [0.2, 0.25) is 0 Å². The lowest BCUT2D eigenvalue weighted by molar-refractivity contribution is -0.118. The number of rotatable bonds is 3. The number of para-hydroxylation sites is 1. The molecule has 0 saturated carbocycles. The molecular weight excluding hydrogens is 410 g/mol. The summed E-state index contributed by atoms with van der Waals surface area (Å²) in [6.07, 6.45) is 4.14. The van der Waals surface area contributed by atoms with Crippen LogP contribution in [0.3, 0.4) is 0 Å². The second-order valence-electron chi connectivity index (χ2n) is 11.1. The number of carbonyl (C=O) groups excluding carboxylic acids is 1. The first-order valence-corrected chi connectivity index (χ1v) is 12.2. The molecule has 4 atom stereocenters. The smallest absolute Gasteiger partial charge is 0.210 e. The fraction of sp³-hybridized carbons (Fsp3) is 0.464. The van der Waals surface area contributed by atoms with Crippen molar-refractivity contribution in [2.24, 2.45) is 5.41 Å². The fourth-order valence-electron chi connectivity index (χ4n) is 8.12. The van der Waals surface area contributed by atoms with Crippen LogP contribution >= 0.6 is 0 Å². The summed E-state index contributed by atoms with van der Waals surface area (Å²) in [5, 5.41) is 1.31. The minimum Gasteiger partial charge on any atom is -0.483 e. The van der Waals surface area contributed by atoms with Crippen molar-refractivity contribution in [3.63, 3.8) is 0 Å². The highest BCUT2D eigenvalue weighted by molar-refractivity contribution is 5.87. The van der Waals surface area contributed by atoms with Crippen LogP contribution in [0.4, 0.5) is 0 Å². The van der Waals surface area contributed by atoms with Crippen LogP contribution in [-0.2, 0) is 29.7 Å². The van der Waals surface area contributed by atoms with E-state index in [-0.39, 0.29) is 16.9 Å². The van der Waals surface area contributed by atoms with E-state index in [9.17, 15) is 4.79 Å². The Morgan fingerprint density at radius 3 is 2.88 bits per heavy atom. The molecule has 5 heteroatoms. The van der Waals surface area contributed by atoms with E-state index in [1.54, 1.807) is 4.90 Å². The highest BCUT2D eigenvalue weighted by atomic mass is 16.5. The number of benzene rings is 2. The van der Waals surface area contributed by atoms with Gasteiger partial charge in [0.05, 0.1) is 23.3 Å². The highest BCUT2D eigenvalue weighted by Gasteiger charge is 2.70. The van der Waals surface area contributed by atoms with Crippen LogP contribution < -0.4 is 4.74 Å². The van der Waals surface area contributed by atoms with Crippen molar-refractivity contribution < 1.29 is 9.53 Å². The van der Waals surface area contributed by atoms with E-state index in [0.717, 1.165) is 38.0 Å². The summed E-state index contributed by atoms with van der Waals surface area (Å²) in [6.45, 7) is 6.36. The third kappa shape index (κ3) is 2.11. The number of likely N-dealkylation sites (N-methyl/N-ethyl adjacent to an activating group) is 1. The summed E-state index contributed by atoms with van der Waals surface area (Å²) in [4.78, 5) is 16.0. The summed E-state index contributed by atoms with van der Waals surface area (Å²) in [6, 6.07) is 13.8. The summed E-state index contributed by atoms with van der Waals surface area (Å²) in [5.41, 5.74) is 8.18. The Balaban J connectivity index is 1.58. The summed E-state index contributed by atoms with van der Waals surface area (Å²) in [7, 11) is 4.17. The van der Waals surface area contributed by atoms with Gasteiger partial charge in [0.1, 0.15) is 11.9 Å². The first kappa shape index (κ1) is 19.7. The van der Waals surface area contributed by atoms with Gasteiger partial charge in [-0.05, 0) is 62.5 Å². The molecule has 2 aliphatic carbocycles. The first-order chi connectivity index (χ1) is 15.9. The molecular formula is C28H31N3O2. The van der Waals surface area contributed by atoms with Gasteiger partial charge in [0.2, 0.25) is 6.41 Å². The Bertz CT molecular complexity index is 1340. The van der Waals surface area contributed by atoms with Gasteiger partial charge in [-0.15, -0.1) is 0 Å². The molecule has 0 radical (unpaired) electrons. The lowest BCUT2D eigenvalue weighted by atomic mass is 9.44. The average Bonchev–Trinajstić information content (AvgIpc) is 3.31. The van der Waals surface area contributed by atoms with E-state index in [1.807, 2.05) is 7.05 Å². The summed E-state index contributed by atoms with van der Waals surface area (Å²) >= 11 is 0. The number of nitrogens with zero attached hydrogens (tertiary/aromatic N) is 3. The van der Waals surface area contributed by atoms with Crippen molar-refractivity contribution >= 4 is 17.3 Å². The molecule has 1 saturated heterocycles. The van der Waals surface area contributed by atoms with E-state index in [2.05, 4.69) is 66.8 Å². The standard InChI is InChI=1S/C28H31N3O2/c1-17-9-10-18-13-22-27(2)14-20-19-7-5-6-8-21(19)31(15-29(3)16-32)24(20)26-28(27,11-12-30(22)4)23(18)25(17)33-26/h5-10,16,22,26H,11-15H2,1-4H3/t22-,26?,27+,28+/m1/s1. The molecule has 1 aromatic heterocycles. The molecule has 3 aromatic rings. The van der Waals surface area contributed by atoms with Gasteiger partial charge in [-0.3, -0.25) is 4.79 Å². The molecule has 1 fully saturated rings. The monoisotopic (exact) mass is 441 g/mol. The van der Waals surface area contributed by atoms with E-state index < -0.39 is 0 Å². The zero-order valence-electron chi connectivity index (χ0n) is 19.9. The van der Waals surface area contributed by atoms with Gasteiger partial charge in [-0.1, -0.05) is 37.3 Å². The largest absolute Gasteiger partial charge is 0.483 e. The van der Waals surface area contributed by atoms with Gasteiger partial charge >= 0.3 is 0 Å². The molecule has 2 aliphatic heterocycles. The van der Waals surface area contributed by atoms with E-state index in [0.29, 0.717) is 12.7 Å². The number of fused-ring (bicyclic) bond motifs is 4. The normalized spacial score (nSPS) is 31.2. The van der Waals surface area contributed by atoms with Gasteiger partial charge < -0.3 is 19.1 Å². The Labute approximate surface area is 194 Å². The predicted molar refractivity (Wildman–Crippen MR) is 129 cm³/mol. The quantitative estimate of drug-likeness (QED) is 0.572. The second kappa shape index (κ2) is 6.20. The maximum atomic E-state index is 11.6. The second-order valence-corrected chi connectivity index (χ2v) is 11.1. The molecule has 1 amide bonds. The van der Waals surface area contributed by atoms with E-state index in [1.165, 1.54) is 38.9 Å². The van der Waals surface area contributed by atoms with Crippen LogP contribution in [0.25, 0.3) is 10.9 Å². The van der Waals surface area contributed by atoms with Gasteiger partial charge in [-0.25, -0.2) is 0 Å². The number of piperidine rings is 1. The van der Waals surface area contributed by atoms with Crippen LogP contribution in [0.5, 0.6) is 5.75 Å². The van der Waals surface area contributed by atoms with Crippen molar-refractivity contribution in [3.05, 3.63) is 64.3 Å². The molecule has 4 aliphatic rings. The maximum absolute atomic E-state index is 11.6. The van der Waals surface area contributed by atoms with Crippen molar-refractivity contribution in [3.8, 4) is 5.75 Å². The first-order valence-electron chi connectivity index (χ1n) is 12.2. The minimum atomic E-state index is -0.0298. The Kier molecular flexibility index (Phi) is 3.70. The minimum absolute atomic E-state index is 0.0231. The Hall–Kier alpha value is -2.79. The molecule has 170 valence electrons. The molecule has 0 N–H and O–H groups in total. The number of amides is 1. The zero-order valence-corrected chi connectivity index (χ0v) is 19.9. The summed E-state index contributed by atoms with van der Waals surface area (Å²) in [5.74, 6) is 1.13. The number of likely N-dealkylation sites (tertiary alicyclic amines) is 1. The average molecular weight is 442 g/mol. The third-order valence-corrected chi connectivity index (χ3v) is 9.59. The number of hydrogen-bond acceptors (Lipinski definition) is 3. The van der Waals surface area contributed by atoms with Crippen molar-refractivity contribution in [1.82, 2.24) is 14.4 Å². The van der Waals surface area contributed by atoms with Crippen LogP contribution in [-0.4, -0.2) is 47.5 Å². The predicted octanol–water partition coefficient (Wildman–Crippen LogP) is 4.19. The molecule has 2 aromatic carbocycles. The Morgan fingerprint density at radius 1 is 1.24 bits per heavy atom. The molecule has 3 heterocycles. The number of ether oxygens (including phenoxy) is 1. The lowest BCUT2D eigenvalue weighted by Gasteiger charge is -2.64. The molecule has 2 bridgehead atoms. The number of carbonyl (C=O) groups is 1. The fourth-order valence-corrected chi connectivity index (χ4v) is 8.12. The van der Waals surface area contributed by atoms with Gasteiger partial charge in [0.15, 0.2) is 0 Å². The molecule has 33 heavy (non-hydrogen) atoms. The van der Waals surface area contributed by atoms with Crippen LogP contribution in [0, 0.1) is 12.3 Å².